The molecule has 2 heterocycles. The van der Waals surface area contributed by atoms with Crippen LogP contribution in [0.4, 0.5) is 0 Å². The molecule has 0 aliphatic rings. The van der Waals surface area contributed by atoms with Crippen molar-refractivity contribution in [3.8, 4) is 11.3 Å². The summed E-state index contributed by atoms with van der Waals surface area (Å²) >= 11 is 3.40. The van der Waals surface area contributed by atoms with E-state index in [4.69, 9.17) is 0 Å². The second-order valence-corrected chi connectivity index (χ2v) is 7.82. The van der Waals surface area contributed by atoms with Crippen molar-refractivity contribution in [1.29, 1.82) is 0 Å². The van der Waals surface area contributed by atoms with Crippen molar-refractivity contribution in [2.45, 2.75) is 26.4 Å². The maximum absolute atomic E-state index is 12.8. The van der Waals surface area contributed by atoms with E-state index in [1.807, 2.05) is 48.5 Å². The van der Waals surface area contributed by atoms with Gasteiger partial charge in [0.15, 0.2) is 0 Å². The molecule has 1 amide bonds. The van der Waals surface area contributed by atoms with Crippen LogP contribution in [0.3, 0.4) is 0 Å². The predicted octanol–water partition coefficient (Wildman–Crippen LogP) is 3.20. The van der Waals surface area contributed by atoms with Crippen LogP contribution in [-0.2, 0) is 24.3 Å². The van der Waals surface area contributed by atoms with Gasteiger partial charge in [-0.3, -0.25) is 9.59 Å². The molecule has 2 aromatic carbocycles. The third kappa shape index (κ3) is 4.33. The predicted molar refractivity (Wildman–Crippen MR) is 118 cm³/mol. The second-order valence-electron chi connectivity index (χ2n) is 6.91. The zero-order chi connectivity index (χ0) is 21.1. The molecular weight excluding hydrogens is 446 g/mol. The summed E-state index contributed by atoms with van der Waals surface area (Å²) in [6, 6.07) is 17.4. The fraction of sp³-hybridized carbons (Fsp3) is 0.182. The normalized spacial score (nSPS) is 11.0. The molecule has 1 N–H and O–H groups in total. The highest BCUT2D eigenvalue weighted by atomic mass is 79.9. The molecule has 4 rings (SSSR count). The van der Waals surface area contributed by atoms with Crippen molar-refractivity contribution >= 4 is 27.4 Å². The Morgan fingerprint density at radius 1 is 1.07 bits per heavy atom. The SMILES string of the molecule is CCc1ccc(CNC(=O)Cn2ncn3nc(-c4ccc(Br)cc4)cc3c2=O)cc1. The van der Waals surface area contributed by atoms with Crippen molar-refractivity contribution in [1.82, 2.24) is 24.7 Å². The lowest BCUT2D eigenvalue weighted by Gasteiger charge is -2.07. The molecule has 0 bridgehead atoms. The average Bonchev–Trinajstić information content (AvgIpc) is 3.20. The summed E-state index contributed by atoms with van der Waals surface area (Å²) in [5.74, 6) is -0.277. The zero-order valence-electron chi connectivity index (χ0n) is 16.4. The topological polar surface area (TPSA) is 81.3 Å². The Balaban J connectivity index is 1.48. The summed E-state index contributed by atoms with van der Waals surface area (Å²) < 4.78 is 3.55. The van der Waals surface area contributed by atoms with Crippen molar-refractivity contribution < 1.29 is 4.79 Å². The van der Waals surface area contributed by atoms with Crippen LogP contribution < -0.4 is 10.9 Å². The number of carbonyl (C=O) groups is 1. The van der Waals surface area contributed by atoms with E-state index in [0.29, 0.717) is 17.8 Å². The van der Waals surface area contributed by atoms with E-state index >= 15 is 0 Å². The van der Waals surface area contributed by atoms with Gasteiger partial charge < -0.3 is 5.32 Å². The van der Waals surface area contributed by atoms with Gasteiger partial charge in [0.05, 0.1) is 5.69 Å². The van der Waals surface area contributed by atoms with Crippen LogP contribution in [0.25, 0.3) is 16.8 Å². The smallest absolute Gasteiger partial charge is 0.293 e. The number of aryl methyl sites for hydroxylation is 1. The molecule has 30 heavy (non-hydrogen) atoms. The Labute approximate surface area is 181 Å². The lowest BCUT2D eigenvalue weighted by atomic mass is 10.1. The molecular formula is C22H20BrN5O2. The standard InChI is InChI=1S/C22H20BrN5O2/c1-2-15-3-5-16(6-4-15)12-24-21(29)13-27-22(30)20-11-19(26-28(20)14-25-27)17-7-9-18(23)10-8-17/h3-11,14H,2,12-13H2,1H3,(H,24,29). The first-order valence-corrected chi connectivity index (χ1v) is 10.4. The molecule has 0 atom stereocenters. The number of benzene rings is 2. The van der Waals surface area contributed by atoms with E-state index in [-0.39, 0.29) is 18.0 Å². The first-order valence-electron chi connectivity index (χ1n) is 9.59. The van der Waals surface area contributed by atoms with Crippen molar-refractivity contribution in [3.63, 3.8) is 0 Å². The number of rotatable bonds is 6. The number of hydrogen-bond donors (Lipinski definition) is 1. The van der Waals surface area contributed by atoms with Crippen LogP contribution in [0.15, 0.2) is 70.2 Å². The van der Waals surface area contributed by atoms with E-state index < -0.39 is 0 Å². The van der Waals surface area contributed by atoms with Gasteiger partial charge >= 0.3 is 0 Å². The van der Waals surface area contributed by atoms with Crippen LogP contribution in [-0.4, -0.2) is 25.3 Å². The summed E-state index contributed by atoms with van der Waals surface area (Å²) in [6.07, 6.45) is 2.41. The Morgan fingerprint density at radius 3 is 2.47 bits per heavy atom. The van der Waals surface area contributed by atoms with Gasteiger partial charge in [-0.05, 0) is 35.7 Å². The lowest BCUT2D eigenvalue weighted by Crippen LogP contribution is -2.34. The van der Waals surface area contributed by atoms with Crippen molar-refractivity contribution in [2.24, 2.45) is 0 Å². The largest absolute Gasteiger partial charge is 0.350 e. The van der Waals surface area contributed by atoms with Gasteiger partial charge in [-0.25, -0.2) is 9.20 Å². The molecule has 0 aliphatic heterocycles. The molecule has 8 heteroatoms. The minimum absolute atomic E-state index is 0.152. The molecule has 152 valence electrons. The third-order valence-corrected chi connectivity index (χ3v) is 5.37. The maximum atomic E-state index is 12.8. The molecule has 0 unspecified atom stereocenters. The number of aromatic nitrogens is 4. The molecule has 4 aromatic rings. The van der Waals surface area contributed by atoms with E-state index in [1.54, 1.807) is 6.07 Å². The zero-order valence-corrected chi connectivity index (χ0v) is 18.0. The quantitative estimate of drug-likeness (QED) is 0.473. The van der Waals surface area contributed by atoms with E-state index in [9.17, 15) is 9.59 Å². The van der Waals surface area contributed by atoms with Crippen LogP contribution >= 0.6 is 15.9 Å². The van der Waals surface area contributed by atoms with E-state index in [0.717, 1.165) is 26.7 Å². The fourth-order valence-electron chi connectivity index (χ4n) is 3.10. The summed E-state index contributed by atoms with van der Waals surface area (Å²) in [7, 11) is 0. The highest BCUT2D eigenvalue weighted by Crippen LogP contribution is 2.20. The van der Waals surface area contributed by atoms with Crippen LogP contribution in [0.2, 0.25) is 0 Å². The minimum Gasteiger partial charge on any atom is -0.350 e. The van der Waals surface area contributed by atoms with E-state index in [2.05, 4.69) is 38.4 Å². The van der Waals surface area contributed by atoms with Gasteiger partial charge in [-0.2, -0.15) is 10.2 Å². The Hall–Kier alpha value is -3.26. The summed E-state index contributed by atoms with van der Waals surface area (Å²) in [6.45, 7) is 2.35. The molecule has 0 saturated carbocycles. The van der Waals surface area contributed by atoms with Gasteiger partial charge in [-0.1, -0.05) is 59.3 Å². The highest BCUT2D eigenvalue weighted by Gasteiger charge is 2.12. The number of nitrogens with zero attached hydrogens (tertiary/aromatic N) is 4. The number of halogens is 1. The van der Waals surface area contributed by atoms with E-state index in [1.165, 1.54) is 16.4 Å². The molecule has 0 fully saturated rings. The number of amides is 1. The van der Waals surface area contributed by atoms with Gasteiger partial charge in [0.2, 0.25) is 5.91 Å². The van der Waals surface area contributed by atoms with Crippen LogP contribution in [0.5, 0.6) is 0 Å². The molecule has 7 nitrogen and oxygen atoms in total. The molecule has 2 aromatic heterocycles. The fourth-order valence-corrected chi connectivity index (χ4v) is 3.36. The Bertz CT molecular complexity index is 1240. The highest BCUT2D eigenvalue weighted by molar-refractivity contribution is 9.10. The molecule has 0 spiro atoms. The number of carbonyl (C=O) groups excluding carboxylic acids is 1. The number of nitrogens with one attached hydrogen (secondary N) is 1. The summed E-state index contributed by atoms with van der Waals surface area (Å²) in [5.41, 5.74) is 3.81. The van der Waals surface area contributed by atoms with Crippen LogP contribution in [0.1, 0.15) is 18.1 Å². The summed E-state index contributed by atoms with van der Waals surface area (Å²) in [5, 5.41) is 11.3. The van der Waals surface area contributed by atoms with Crippen LogP contribution in [0, 0.1) is 0 Å². The van der Waals surface area contributed by atoms with Gasteiger partial charge in [0.25, 0.3) is 5.56 Å². The first-order chi connectivity index (χ1) is 14.5. The average molecular weight is 466 g/mol. The number of hydrogen-bond acceptors (Lipinski definition) is 4. The Morgan fingerprint density at radius 2 is 1.77 bits per heavy atom. The van der Waals surface area contributed by atoms with Gasteiger partial charge in [0.1, 0.15) is 18.4 Å². The second kappa shape index (κ2) is 8.62. The molecule has 0 saturated heterocycles. The minimum atomic E-state index is -0.365. The van der Waals surface area contributed by atoms with Crippen molar-refractivity contribution in [2.75, 3.05) is 0 Å². The molecule has 0 aliphatic carbocycles. The van der Waals surface area contributed by atoms with Gasteiger partial charge in [0, 0.05) is 16.6 Å². The van der Waals surface area contributed by atoms with Gasteiger partial charge in [-0.15, -0.1) is 0 Å². The summed E-state index contributed by atoms with van der Waals surface area (Å²) in [4.78, 5) is 25.1. The monoisotopic (exact) mass is 465 g/mol. The molecule has 0 radical (unpaired) electrons. The van der Waals surface area contributed by atoms with Crippen molar-refractivity contribution in [3.05, 3.63) is 86.9 Å². The lowest BCUT2D eigenvalue weighted by molar-refractivity contribution is -0.122. The maximum Gasteiger partial charge on any atom is 0.293 e. The first kappa shape index (κ1) is 20.0. The third-order valence-electron chi connectivity index (χ3n) is 4.84. The Kier molecular flexibility index (Phi) is 5.76. The number of fused-ring (bicyclic) bond motifs is 1.